The maximum atomic E-state index is 4.93. The molecule has 0 spiro atoms. The van der Waals surface area contributed by atoms with E-state index in [2.05, 4.69) is 197 Å². The fraction of sp³-hybridized carbons (Fsp3) is 0.250. The second kappa shape index (κ2) is 26.5. The molecule has 8 aromatic rings. The molecule has 0 aliphatic rings. The van der Waals surface area contributed by atoms with Crippen LogP contribution >= 0.6 is 17.0 Å². The van der Waals surface area contributed by atoms with E-state index in [1.165, 1.54) is 141 Å². The zero-order chi connectivity index (χ0) is 42.4. The molecule has 0 aliphatic carbocycles. The van der Waals surface area contributed by atoms with Crippen LogP contribution in [0.4, 0.5) is 0 Å². The standard InChI is InChI=1S/2C27H27.C2H6Si.2ClH.Zr/c2*1-2-3-4-6-10-21-15-17-23(18-16-21)26-14-9-13-24-19-25(20-27(24)26)22-11-7-5-8-12-22;1-3-2;;;/h2*5,7-9,11-20H,2-4,6,10H2,1H3;1-2H3;2*1H;/q2*-1;;;;+4/p-2. The van der Waals surface area contributed by atoms with E-state index in [-0.39, 0.29) is 0 Å². The van der Waals surface area contributed by atoms with E-state index in [1.807, 2.05) is 0 Å². The van der Waals surface area contributed by atoms with Crippen molar-refractivity contribution in [3.05, 3.63) is 181 Å². The molecular formula is C56H60Cl2SiZr. The third-order valence-corrected chi connectivity index (χ3v) is 10.9. The van der Waals surface area contributed by atoms with Crippen molar-refractivity contribution in [3.63, 3.8) is 0 Å². The van der Waals surface area contributed by atoms with Crippen LogP contribution in [-0.2, 0) is 33.7 Å². The van der Waals surface area contributed by atoms with Gasteiger partial charge < -0.3 is 0 Å². The van der Waals surface area contributed by atoms with Crippen LogP contribution < -0.4 is 0 Å². The van der Waals surface area contributed by atoms with Crippen LogP contribution in [0.25, 0.3) is 66.1 Å². The quantitative estimate of drug-likeness (QED) is 0.0579. The molecule has 0 nitrogen and oxygen atoms in total. The van der Waals surface area contributed by atoms with Gasteiger partial charge in [0.1, 0.15) is 0 Å². The number of rotatable bonds is 14. The van der Waals surface area contributed by atoms with Gasteiger partial charge >= 0.3 is 37.9 Å². The summed E-state index contributed by atoms with van der Waals surface area (Å²) >= 11 is -0.826. The van der Waals surface area contributed by atoms with E-state index in [1.54, 1.807) is 0 Å². The molecule has 0 heterocycles. The third-order valence-electron chi connectivity index (χ3n) is 10.9. The van der Waals surface area contributed by atoms with Crippen LogP contribution in [0.1, 0.15) is 76.3 Å². The molecule has 8 rings (SSSR count). The van der Waals surface area contributed by atoms with E-state index in [4.69, 9.17) is 17.0 Å². The molecule has 0 bridgehead atoms. The van der Waals surface area contributed by atoms with Gasteiger partial charge in [-0.25, -0.2) is 0 Å². The van der Waals surface area contributed by atoms with Gasteiger partial charge in [-0.1, -0.05) is 221 Å². The summed E-state index contributed by atoms with van der Waals surface area (Å²) in [5.41, 5.74) is 13.3. The molecule has 2 radical (unpaired) electrons. The van der Waals surface area contributed by atoms with Crippen LogP contribution in [0, 0.1) is 0 Å². The molecule has 4 heteroatoms. The van der Waals surface area contributed by atoms with Crippen molar-refractivity contribution in [2.24, 2.45) is 0 Å². The van der Waals surface area contributed by atoms with E-state index < -0.39 is 20.8 Å². The maximum absolute atomic E-state index is 4.93. The number of halogens is 2. The Morgan fingerprint density at radius 1 is 0.433 bits per heavy atom. The van der Waals surface area contributed by atoms with E-state index in [0.717, 1.165) is 9.52 Å². The molecule has 0 saturated heterocycles. The first kappa shape index (κ1) is 47.3. The number of hydrogen-bond acceptors (Lipinski definition) is 0. The molecule has 0 N–H and O–H groups in total. The summed E-state index contributed by atoms with van der Waals surface area (Å²) in [5, 5.41) is 5.31. The summed E-state index contributed by atoms with van der Waals surface area (Å²) in [4.78, 5) is 0. The molecule has 0 unspecified atom stereocenters. The average Bonchev–Trinajstić information content (AvgIpc) is 3.94. The van der Waals surface area contributed by atoms with Crippen molar-refractivity contribution in [1.82, 2.24) is 0 Å². The SMILES string of the molecule is CCCCCCc1ccc(-c2cccc3[cH-]c(-c4ccccc4)cc23)cc1.CCCCCCc1ccc(-c2cccc3[cH-]c(-c4ccccc4)cc23)cc1.C[Si]C.[Cl][Zr+2][Cl]. The second-order valence-electron chi connectivity index (χ2n) is 15.4. The molecule has 0 saturated carbocycles. The van der Waals surface area contributed by atoms with Gasteiger partial charge in [0.15, 0.2) is 0 Å². The summed E-state index contributed by atoms with van der Waals surface area (Å²) < 4.78 is 0. The molecule has 0 atom stereocenters. The van der Waals surface area contributed by atoms with Crippen molar-refractivity contribution in [2.75, 3.05) is 0 Å². The molecule has 0 amide bonds. The molecule has 60 heavy (non-hydrogen) atoms. The molecule has 0 aromatic heterocycles. The van der Waals surface area contributed by atoms with Crippen molar-refractivity contribution < 1.29 is 20.8 Å². The zero-order valence-electron chi connectivity index (χ0n) is 36.0. The molecular weight excluding hydrogens is 863 g/mol. The van der Waals surface area contributed by atoms with Gasteiger partial charge in [-0.2, -0.15) is 0 Å². The normalized spacial score (nSPS) is 10.5. The minimum atomic E-state index is -0.826. The Labute approximate surface area is 382 Å². The van der Waals surface area contributed by atoms with Crippen molar-refractivity contribution in [2.45, 2.75) is 91.1 Å². The topological polar surface area (TPSA) is 0 Å². The Kier molecular flexibility index (Phi) is 20.9. The number of unbranched alkanes of at least 4 members (excludes halogenated alkanes) is 6. The predicted molar refractivity (Wildman–Crippen MR) is 266 cm³/mol. The van der Waals surface area contributed by atoms with Gasteiger partial charge in [-0.05, 0) is 47.9 Å². The molecule has 306 valence electrons. The fourth-order valence-corrected chi connectivity index (χ4v) is 7.78. The van der Waals surface area contributed by atoms with Crippen LogP contribution in [0.2, 0.25) is 13.1 Å². The number of fused-ring (bicyclic) bond motifs is 2. The Bertz CT molecular complexity index is 2200. The average molecular weight is 923 g/mol. The van der Waals surface area contributed by atoms with Crippen molar-refractivity contribution in [3.8, 4) is 44.5 Å². The van der Waals surface area contributed by atoms with Gasteiger partial charge in [-0.15, -0.1) is 69.1 Å². The second-order valence-corrected chi connectivity index (χ2v) is 20.2. The first-order valence-corrected chi connectivity index (χ1v) is 30.1. The van der Waals surface area contributed by atoms with Crippen LogP contribution in [0.5, 0.6) is 0 Å². The fourth-order valence-electron chi connectivity index (χ4n) is 7.78. The van der Waals surface area contributed by atoms with Gasteiger partial charge in [0.2, 0.25) is 0 Å². The number of hydrogen-bond donors (Lipinski definition) is 0. The first-order valence-electron chi connectivity index (χ1n) is 21.8. The zero-order valence-corrected chi connectivity index (χ0v) is 41.0. The van der Waals surface area contributed by atoms with Crippen molar-refractivity contribution in [1.29, 1.82) is 0 Å². The van der Waals surface area contributed by atoms with Gasteiger partial charge in [-0.3, -0.25) is 0 Å². The van der Waals surface area contributed by atoms with E-state index in [0.29, 0.717) is 0 Å². The molecule has 0 aliphatic heterocycles. The first-order chi connectivity index (χ1) is 29.5. The summed E-state index contributed by atoms with van der Waals surface area (Å²) in [6.45, 7) is 8.84. The Balaban J connectivity index is 0.000000201. The minimum absolute atomic E-state index is 0.826. The van der Waals surface area contributed by atoms with E-state index in [9.17, 15) is 0 Å². The van der Waals surface area contributed by atoms with Crippen molar-refractivity contribution >= 4 is 48.1 Å². The molecule has 8 aromatic carbocycles. The summed E-state index contributed by atoms with van der Waals surface area (Å²) in [6, 6.07) is 62.2. The Hall–Kier alpha value is -3.78. The van der Waals surface area contributed by atoms with Crippen LogP contribution in [0.3, 0.4) is 0 Å². The molecule has 0 fully saturated rings. The van der Waals surface area contributed by atoms with Crippen LogP contribution in [-0.4, -0.2) is 9.52 Å². The third kappa shape index (κ3) is 14.1. The van der Waals surface area contributed by atoms with E-state index >= 15 is 0 Å². The van der Waals surface area contributed by atoms with Crippen LogP contribution in [0.15, 0.2) is 170 Å². The van der Waals surface area contributed by atoms with Gasteiger partial charge in [0, 0.05) is 9.52 Å². The van der Waals surface area contributed by atoms with Gasteiger partial charge in [0.05, 0.1) is 0 Å². The Morgan fingerprint density at radius 2 is 0.800 bits per heavy atom. The predicted octanol–water partition coefficient (Wildman–Crippen LogP) is 18.2. The Morgan fingerprint density at radius 3 is 1.15 bits per heavy atom. The summed E-state index contributed by atoms with van der Waals surface area (Å²) in [7, 11) is 11.0. The number of benzene rings is 6. The summed E-state index contributed by atoms with van der Waals surface area (Å²) in [5.74, 6) is 0. The summed E-state index contributed by atoms with van der Waals surface area (Å²) in [6.07, 6.45) is 13.0. The monoisotopic (exact) mass is 920 g/mol. The van der Waals surface area contributed by atoms with Gasteiger partial charge in [0.25, 0.3) is 0 Å². The number of aryl methyl sites for hydroxylation is 2.